The van der Waals surface area contributed by atoms with Crippen molar-refractivity contribution in [1.82, 2.24) is 10.6 Å². The van der Waals surface area contributed by atoms with Gasteiger partial charge in [-0.05, 0) is 34.0 Å². The highest BCUT2D eigenvalue weighted by Gasteiger charge is 2.26. The number of amidine groups is 3. The van der Waals surface area contributed by atoms with Gasteiger partial charge >= 0.3 is 0 Å². The average molecular weight is 518 g/mol. The first-order valence-electron chi connectivity index (χ1n) is 13.4. The minimum Gasteiger partial charge on any atom is -0.337 e. The van der Waals surface area contributed by atoms with Gasteiger partial charge in [-0.2, -0.15) is 0 Å². The van der Waals surface area contributed by atoms with E-state index in [-0.39, 0.29) is 12.2 Å². The van der Waals surface area contributed by atoms with Crippen LogP contribution in [0.25, 0.3) is 10.8 Å². The zero-order valence-electron chi connectivity index (χ0n) is 21.8. The fourth-order valence-electron chi connectivity index (χ4n) is 5.08. The topological polar surface area (TPSA) is 61.1 Å². The third-order valence-electron chi connectivity index (χ3n) is 7.15. The van der Waals surface area contributed by atoms with Gasteiger partial charge in [0.05, 0.1) is 11.7 Å². The highest BCUT2D eigenvalue weighted by Crippen LogP contribution is 2.29. The molecule has 0 saturated heterocycles. The molecule has 0 bridgehead atoms. The molecular formula is C35H27N5. The number of rotatable bonds is 5. The maximum Gasteiger partial charge on any atom is 0.169 e. The van der Waals surface area contributed by atoms with Gasteiger partial charge in [0.25, 0.3) is 0 Å². The van der Waals surface area contributed by atoms with Gasteiger partial charge in [-0.25, -0.2) is 9.98 Å². The molecule has 0 radical (unpaired) electrons. The maximum absolute atomic E-state index is 5.14. The molecule has 2 heterocycles. The average Bonchev–Trinajstić information content (AvgIpc) is 3.05. The lowest BCUT2D eigenvalue weighted by Gasteiger charge is -2.28. The molecule has 5 aromatic carbocycles. The minimum atomic E-state index is -0.367. The van der Waals surface area contributed by atoms with Gasteiger partial charge in [0.2, 0.25) is 0 Å². The summed E-state index contributed by atoms with van der Waals surface area (Å²) in [5.74, 6) is 2.32. The summed E-state index contributed by atoms with van der Waals surface area (Å²) in [6.07, 6.45) is 1.78. The molecule has 0 fully saturated rings. The van der Waals surface area contributed by atoms with Crippen LogP contribution in [0.15, 0.2) is 160 Å². The quantitative estimate of drug-likeness (QED) is 0.265. The number of nitrogens with zero attached hydrogens (tertiary/aromatic N) is 3. The van der Waals surface area contributed by atoms with E-state index in [0.29, 0.717) is 0 Å². The van der Waals surface area contributed by atoms with E-state index in [2.05, 4.69) is 95.6 Å². The zero-order valence-corrected chi connectivity index (χ0v) is 21.8. The number of aliphatic imine (C=N–C) groups is 3. The van der Waals surface area contributed by atoms with Crippen molar-refractivity contribution >= 4 is 28.3 Å². The summed E-state index contributed by atoms with van der Waals surface area (Å²) in [5, 5.41) is 9.52. The van der Waals surface area contributed by atoms with Crippen molar-refractivity contribution in [3.63, 3.8) is 0 Å². The molecule has 5 heteroatoms. The van der Waals surface area contributed by atoms with E-state index >= 15 is 0 Å². The molecule has 2 unspecified atom stereocenters. The summed E-state index contributed by atoms with van der Waals surface area (Å²) in [5.41, 5.74) is 5.06. The Bertz CT molecular complexity index is 1790. The highest BCUT2D eigenvalue weighted by molar-refractivity contribution is 6.17. The normalized spacial score (nSPS) is 18.5. The van der Waals surface area contributed by atoms with Crippen LogP contribution in [-0.4, -0.2) is 17.5 Å². The third kappa shape index (κ3) is 4.81. The van der Waals surface area contributed by atoms with Crippen molar-refractivity contribution in [2.24, 2.45) is 15.0 Å². The lowest BCUT2D eigenvalue weighted by molar-refractivity contribution is 0.750. The smallest absolute Gasteiger partial charge is 0.169 e. The van der Waals surface area contributed by atoms with E-state index in [9.17, 15) is 0 Å². The van der Waals surface area contributed by atoms with E-state index in [1.165, 1.54) is 10.8 Å². The van der Waals surface area contributed by atoms with Crippen LogP contribution in [0.5, 0.6) is 0 Å². The van der Waals surface area contributed by atoms with Gasteiger partial charge in [0.15, 0.2) is 12.0 Å². The molecule has 40 heavy (non-hydrogen) atoms. The lowest BCUT2D eigenvalue weighted by Crippen LogP contribution is -2.42. The zero-order chi connectivity index (χ0) is 26.7. The standard InChI is InChI=1S/C35H27N5/c1-4-13-25(14-5-1)32-36-30(29-21-20-24-12-10-11-19-28(24)22-29)23-31(37-32)35-39-33(26-15-6-2-7-16-26)38-34(40-35)27-17-8-3-9-18-27/h1-23,30,33H,(H,36,37)(H,38,39,40). The van der Waals surface area contributed by atoms with Crippen molar-refractivity contribution in [3.05, 3.63) is 167 Å². The summed E-state index contributed by atoms with van der Waals surface area (Å²) >= 11 is 0. The maximum atomic E-state index is 5.14. The number of hydrogen-bond donors (Lipinski definition) is 2. The molecule has 0 aromatic heterocycles. The van der Waals surface area contributed by atoms with Crippen LogP contribution in [0.2, 0.25) is 0 Å². The van der Waals surface area contributed by atoms with Crippen LogP contribution in [0, 0.1) is 0 Å². The molecule has 2 aliphatic heterocycles. The molecule has 0 aliphatic carbocycles. The molecule has 0 amide bonds. The number of fused-ring (bicyclic) bond motifs is 1. The fourth-order valence-corrected chi connectivity index (χ4v) is 5.08. The van der Waals surface area contributed by atoms with Gasteiger partial charge in [0.1, 0.15) is 11.7 Å². The van der Waals surface area contributed by atoms with E-state index in [1.807, 2.05) is 54.6 Å². The highest BCUT2D eigenvalue weighted by atomic mass is 15.2. The first kappa shape index (κ1) is 23.8. The predicted octanol–water partition coefficient (Wildman–Crippen LogP) is 6.96. The Balaban J connectivity index is 1.33. The molecule has 192 valence electrons. The molecule has 2 N–H and O–H groups in total. The Morgan fingerprint density at radius 3 is 1.73 bits per heavy atom. The Labute approximate surface area is 233 Å². The van der Waals surface area contributed by atoms with Gasteiger partial charge in [-0.1, -0.05) is 127 Å². The second kappa shape index (κ2) is 10.5. The first-order chi connectivity index (χ1) is 19.8. The van der Waals surface area contributed by atoms with Crippen molar-refractivity contribution < 1.29 is 0 Å². The number of benzene rings is 5. The van der Waals surface area contributed by atoms with Crippen LogP contribution in [0.4, 0.5) is 0 Å². The van der Waals surface area contributed by atoms with E-state index in [1.54, 1.807) is 0 Å². The molecule has 5 aromatic rings. The summed E-state index contributed by atoms with van der Waals surface area (Å²) in [6.45, 7) is 0. The molecule has 2 aliphatic rings. The van der Waals surface area contributed by atoms with Crippen molar-refractivity contribution in [3.8, 4) is 0 Å². The summed E-state index contributed by atoms with van der Waals surface area (Å²) in [4.78, 5) is 15.2. The van der Waals surface area contributed by atoms with Gasteiger partial charge in [-0.3, -0.25) is 4.99 Å². The Hall–Kier alpha value is -5.29. The molecule has 5 nitrogen and oxygen atoms in total. The second-order valence-electron chi connectivity index (χ2n) is 9.83. The predicted molar refractivity (Wildman–Crippen MR) is 164 cm³/mol. The monoisotopic (exact) mass is 517 g/mol. The van der Waals surface area contributed by atoms with E-state index in [0.717, 1.165) is 45.5 Å². The van der Waals surface area contributed by atoms with E-state index in [4.69, 9.17) is 15.0 Å². The minimum absolute atomic E-state index is 0.185. The lowest BCUT2D eigenvalue weighted by atomic mass is 9.99. The van der Waals surface area contributed by atoms with Crippen molar-refractivity contribution in [1.29, 1.82) is 0 Å². The molecule has 0 saturated carbocycles. The van der Waals surface area contributed by atoms with Gasteiger partial charge in [-0.15, -0.1) is 0 Å². The first-order valence-corrected chi connectivity index (χ1v) is 13.4. The van der Waals surface area contributed by atoms with Crippen LogP contribution in [0.1, 0.15) is 34.5 Å². The van der Waals surface area contributed by atoms with E-state index < -0.39 is 0 Å². The van der Waals surface area contributed by atoms with Crippen molar-refractivity contribution in [2.75, 3.05) is 0 Å². The number of hydrogen-bond acceptors (Lipinski definition) is 5. The Morgan fingerprint density at radius 1 is 0.450 bits per heavy atom. The summed E-state index contributed by atoms with van der Waals surface area (Å²) < 4.78 is 0. The largest absolute Gasteiger partial charge is 0.337 e. The third-order valence-corrected chi connectivity index (χ3v) is 7.15. The Kier molecular flexibility index (Phi) is 6.23. The van der Waals surface area contributed by atoms with Crippen LogP contribution in [0.3, 0.4) is 0 Å². The second-order valence-corrected chi connectivity index (χ2v) is 9.83. The summed E-state index contributed by atoms with van der Waals surface area (Å²) in [7, 11) is 0. The van der Waals surface area contributed by atoms with Gasteiger partial charge in [0, 0.05) is 11.1 Å². The van der Waals surface area contributed by atoms with Crippen LogP contribution < -0.4 is 10.6 Å². The van der Waals surface area contributed by atoms with Gasteiger partial charge < -0.3 is 10.6 Å². The number of nitrogens with one attached hydrogen (secondary N) is 2. The van der Waals surface area contributed by atoms with Crippen LogP contribution in [-0.2, 0) is 0 Å². The van der Waals surface area contributed by atoms with Crippen LogP contribution >= 0.6 is 0 Å². The molecule has 0 spiro atoms. The molecule has 7 rings (SSSR count). The molecular weight excluding hydrogens is 490 g/mol. The van der Waals surface area contributed by atoms with Crippen molar-refractivity contribution in [2.45, 2.75) is 12.2 Å². The SMILES string of the molecule is C1=C(C2=NC(c3ccccc3)N=C(c3ccccc3)N2)NC(c2ccccc2)=NC1c1ccc2ccccc2c1. The summed E-state index contributed by atoms with van der Waals surface area (Å²) in [6, 6.07) is 45.4. The fraction of sp³-hybridized carbons (Fsp3) is 0.0571. The Morgan fingerprint density at radius 2 is 1.02 bits per heavy atom. The molecule has 2 atom stereocenters.